The van der Waals surface area contributed by atoms with Gasteiger partial charge in [-0.2, -0.15) is 0 Å². The molecule has 11 heavy (non-hydrogen) atoms. The molecule has 2 heteroatoms. The van der Waals surface area contributed by atoms with Gasteiger partial charge in [0.05, 0.1) is 5.69 Å². The van der Waals surface area contributed by atoms with E-state index in [-0.39, 0.29) is 0 Å². The molecule has 1 fully saturated rings. The van der Waals surface area contributed by atoms with Gasteiger partial charge in [0.15, 0.2) is 0 Å². The molecule has 0 spiro atoms. The largest absolute Gasteiger partial charge is 0.260 e. The molecule has 0 aromatic carbocycles. The number of hydrogen-bond donors (Lipinski definition) is 0. The Morgan fingerprint density at radius 3 is 2.82 bits per heavy atom. The van der Waals surface area contributed by atoms with Crippen LogP contribution < -0.4 is 0 Å². The number of rotatable bonds is 1. The van der Waals surface area contributed by atoms with Crippen molar-refractivity contribution in [2.75, 3.05) is 0 Å². The lowest BCUT2D eigenvalue weighted by molar-refractivity contribution is 1.06. The molecule has 0 radical (unpaired) electrons. The van der Waals surface area contributed by atoms with Crippen molar-refractivity contribution in [1.82, 2.24) is 4.98 Å². The highest BCUT2D eigenvalue weighted by molar-refractivity contribution is 9.10. The zero-order valence-electron chi connectivity index (χ0n) is 6.47. The molecule has 58 valence electrons. The molecule has 0 bridgehead atoms. The van der Waals surface area contributed by atoms with Gasteiger partial charge in [-0.15, -0.1) is 0 Å². The van der Waals surface area contributed by atoms with Gasteiger partial charge in [-0.1, -0.05) is 0 Å². The minimum atomic E-state index is 0.805. The topological polar surface area (TPSA) is 12.9 Å². The van der Waals surface area contributed by atoms with Crippen molar-refractivity contribution >= 4 is 15.9 Å². The van der Waals surface area contributed by atoms with Crippen molar-refractivity contribution in [3.63, 3.8) is 0 Å². The normalized spacial score (nSPS) is 16.9. The van der Waals surface area contributed by atoms with E-state index in [1.807, 2.05) is 13.1 Å². The monoisotopic (exact) mass is 211 g/mol. The Labute approximate surface area is 75.0 Å². The molecule has 1 aliphatic carbocycles. The van der Waals surface area contributed by atoms with Gasteiger partial charge in [-0.25, -0.2) is 0 Å². The maximum atomic E-state index is 4.29. The van der Waals surface area contributed by atoms with Gasteiger partial charge in [0.25, 0.3) is 0 Å². The third-order valence-electron chi connectivity index (χ3n) is 2.10. The Balaban J connectivity index is 2.36. The van der Waals surface area contributed by atoms with Gasteiger partial charge < -0.3 is 0 Å². The predicted molar refractivity (Wildman–Crippen MR) is 48.6 cm³/mol. The van der Waals surface area contributed by atoms with Crippen LogP contribution in [0.15, 0.2) is 16.7 Å². The summed E-state index contributed by atoms with van der Waals surface area (Å²) in [6, 6.07) is 2.19. The third-order valence-corrected chi connectivity index (χ3v) is 2.90. The van der Waals surface area contributed by atoms with Crippen LogP contribution in [0.25, 0.3) is 0 Å². The Hall–Kier alpha value is -0.370. The van der Waals surface area contributed by atoms with E-state index in [1.165, 1.54) is 18.4 Å². The van der Waals surface area contributed by atoms with Crippen LogP contribution in [0.2, 0.25) is 0 Å². The van der Waals surface area contributed by atoms with Crippen LogP contribution in [0.3, 0.4) is 0 Å². The van der Waals surface area contributed by atoms with Crippen LogP contribution in [0.1, 0.15) is 30.0 Å². The molecule has 1 aromatic heterocycles. The Morgan fingerprint density at radius 2 is 2.27 bits per heavy atom. The van der Waals surface area contributed by atoms with Gasteiger partial charge in [0, 0.05) is 10.7 Å². The average molecular weight is 212 g/mol. The molecule has 0 atom stereocenters. The molecule has 1 heterocycles. The first kappa shape index (κ1) is 7.29. The molecule has 1 nitrogen and oxygen atoms in total. The van der Waals surface area contributed by atoms with E-state index >= 15 is 0 Å². The highest BCUT2D eigenvalue weighted by Crippen LogP contribution is 2.40. The fourth-order valence-electron chi connectivity index (χ4n) is 1.16. The number of pyridine rings is 1. The first-order valence-corrected chi connectivity index (χ1v) is 4.68. The summed E-state index contributed by atoms with van der Waals surface area (Å²) in [4.78, 5) is 4.29. The first-order chi connectivity index (χ1) is 5.27. The number of halogens is 1. The predicted octanol–water partition coefficient (Wildman–Crippen LogP) is 3.03. The van der Waals surface area contributed by atoms with Crippen molar-refractivity contribution in [2.24, 2.45) is 0 Å². The Kier molecular flexibility index (Phi) is 1.72. The summed E-state index contributed by atoms with van der Waals surface area (Å²) >= 11 is 3.48. The first-order valence-electron chi connectivity index (χ1n) is 3.89. The molecule has 0 amide bonds. The van der Waals surface area contributed by atoms with Gasteiger partial charge in [0.1, 0.15) is 0 Å². The van der Waals surface area contributed by atoms with E-state index in [0.717, 1.165) is 16.1 Å². The smallest absolute Gasteiger partial charge is 0.0514 e. The van der Waals surface area contributed by atoms with E-state index < -0.39 is 0 Å². The lowest BCUT2D eigenvalue weighted by atomic mass is 10.2. The number of nitrogens with zero attached hydrogens (tertiary/aromatic N) is 1. The van der Waals surface area contributed by atoms with Crippen LogP contribution in [0.5, 0.6) is 0 Å². The summed E-state index contributed by atoms with van der Waals surface area (Å²) in [6.07, 6.45) is 4.69. The van der Waals surface area contributed by atoms with E-state index in [4.69, 9.17) is 0 Å². The zero-order valence-corrected chi connectivity index (χ0v) is 8.06. The summed E-state index contributed by atoms with van der Waals surface area (Å²) < 4.78 is 1.14. The molecular weight excluding hydrogens is 202 g/mol. The second-order valence-corrected chi connectivity index (χ2v) is 3.96. The van der Waals surface area contributed by atoms with E-state index in [9.17, 15) is 0 Å². The third kappa shape index (κ3) is 1.45. The van der Waals surface area contributed by atoms with Crippen molar-refractivity contribution in [2.45, 2.75) is 25.7 Å². The van der Waals surface area contributed by atoms with Gasteiger partial charge in [-0.3, -0.25) is 4.98 Å². The van der Waals surface area contributed by atoms with Gasteiger partial charge in [0.2, 0.25) is 0 Å². The maximum Gasteiger partial charge on any atom is 0.0514 e. The standard InChI is InChI=1S/C9H10BrN/c1-6-9(10)4-8(5-11-6)7-2-3-7/h4-5,7H,2-3H2,1H3. The number of hydrogen-bond acceptors (Lipinski definition) is 1. The molecule has 0 N–H and O–H groups in total. The molecule has 0 saturated heterocycles. The number of aryl methyl sites for hydroxylation is 1. The molecule has 1 aliphatic rings. The molecule has 1 saturated carbocycles. The summed E-state index contributed by atoms with van der Waals surface area (Å²) in [5, 5.41) is 0. The summed E-state index contributed by atoms with van der Waals surface area (Å²) in [5.41, 5.74) is 2.47. The van der Waals surface area contributed by atoms with Gasteiger partial charge >= 0.3 is 0 Å². The Morgan fingerprint density at radius 1 is 1.55 bits per heavy atom. The van der Waals surface area contributed by atoms with Crippen molar-refractivity contribution in [1.29, 1.82) is 0 Å². The maximum absolute atomic E-state index is 4.29. The minimum absolute atomic E-state index is 0.805. The van der Waals surface area contributed by atoms with E-state index in [2.05, 4.69) is 27.0 Å². The van der Waals surface area contributed by atoms with Crippen LogP contribution in [-0.4, -0.2) is 4.98 Å². The van der Waals surface area contributed by atoms with Crippen LogP contribution in [0, 0.1) is 6.92 Å². The molecule has 2 rings (SSSR count). The fraction of sp³-hybridized carbons (Fsp3) is 0.444. The van der Waals surface area contributed by atoms with Gasteiger partial charge in [-0.05, 0) is 53.2 Å². The lowest BCUT2D eigenvalue weighted by Gasteiger charge is -2.00. The summed E-state index contributed by atoms with van der Waals surface area (Å²) in [6.45, 7) is 2.01. The molecule has 1 aromatic rings. The zero-order chi connectivity index (χ0) is 7.84. The van der Waals surface area contributed by atoms with E-state index in [0.29, 0.717) is 0 Å². The summed E-state index contributed by atoms with van der Waals surface area (Å²) in [7, 11) is 0. The van der Waals surface area contributed by atoms with Crippen LogP contribution in [-0.2, 0) is 0 Å². The molecule has 0 aliphatic heterocycles. The second kappa shape index (κ2) is 2.59. The average Bonchev–Trinajstić information content (AvgIpc) is 2.77. The fourth-order valence-corrected chi connectivity index (χ4v) is 1.53. The van der Waals surface area contributed by atoms with Crippen molar-refractivity contribution in [3.05, 3.63) is 28.0 Å². The van der Waals surface area contributed by atoms with Crippen molar-refractivity contribution < 1.29 is 0 Å². The summed E-state index contributed by atoms with van der Waals surface area (Å²) in [5.74, 6) is 0.805. The SMILES string of the molecule is Cc1ncc(C2CC2)cc1Br. The molecule has 0 unspecified atom stereocenters. The van der Waals surface area contributed by atoms with Crippen molar-refractivity contribution in [3.8, 4) is 0 Å². The second-order valence-electron chi connectivity index (χ2n) is 3.11. The minimum Gasteiger partial charge on any atom is -0.260 e. The van der Waals surface area contributed by atoms with E-state index in [1.54, 1.807) is 0 Å². The van der Waals surface area contributed by atoms with Crippen LogP contribution in [0.4, 0.5) is 0 Å². The highest BCUT2D eigenvalue weighted by atomic mass is 79.9. The molecular formula is C9H10BrN. The number of aromatic nitrogens is 1. The quantitative estimate of drug-likeness (QED) is 0.697. The Bertz CT molecular complexity index is 279. The lowest BCUT2D eigenvalue weighted by Crippen LogP contribution is -1.86. The van der Waals surface area contributed by atoms with Crippen LogP contribution >= 0.6 is 15.9 Å². The highest BCUT2D eigenvalue weighted by Gasteiger charge is 2.23.